The molecule has 0 unspecified atom stereocenters. The largest absolute Gasteiger partial charge is 0.416 e. The number of halogens is 6. The van der Waals surface area contributed by atoms with E-state index in [-0.39, 0.29) is 22.4 Å². The molecule has 0 aliphatic carbocycles. The fraction of sp³-hybridized carbons (Fsp3) is 0.310. The number of aliphatic hydroxyl groups excluding tert-OH is 4. The van der Waals surface area contributed by atoms with E-state index in [1.54, 1.807) is 18.2 Å². The molecule has 0 spiro atoms. The van der Waals surface area contributed by atoms with Gasteiger partial charge >= 0.3 is 6.18 Å². The highest BCUT2D eigenvalue weighted by Crippen LogP contribution is 2.49. The second-order valence-corrected chi connectivity index (χ2v) is 11.3. The Bertz CT molecular complexity index is 1570. The van der Waals surface area contributed by atoms with Crippen molar-refractivity contribution in [3.05, 3.63) is 107 Å². The molecular formula is C29H25F6N3O5S. The maximum atomic E-state index is 14.1. The number of alkyl halides is 3. The molecule has 0 radical (unpaired) electrons. The van der Waals surface area contributed by atoms with Gasteiger partial charge in [0.2, 0.25) is 0 Å². The van der Waals surface area contributed by atoms with Crippen LogP contribution in [0.4, 0.5) is 26.3 Å². The maximum absolute atomic E-state index is 14.1. The van der Waals surface area contributed by atoms with Crippen LogP contribution < -0.4 is 0 Å². The van der Waals surface area contributed by atoms with Crippen molar-refractivity contribution in [3.8, 4) is 11.3 Å². The highest BCUT2D eigenvalue weighted by atomic mass is 32.2. The summed E-state index contributed by atoms with van der Waals surface area (Å²) in [7, 11) is 0. The van der Waals surface area contributed by atoms with Crippen molar-refractivity contribution >= 4 is 11.8 Å². The number of ether oxygens (including phenoxy) is 1. The number of benzene rings is 3. The van der Waals surface area contributed by atoms with E-state index in [0.717, 1.165) is 16.9 Å². The van der Waals surface area contributed by atoms with Gasteiger partial charge in [0.1, 0.15) is 35.5 Å². The molecule has 1 saturated heterocycles. The van der Waals surface area contributed by atoms with Gasteiger partial charge in [-0.2, -0.15) is 13.2 Å². The summed E-state index contributed by atoms with van der Waals surface area (Å²) >= 11 is 0.642. The summed E-state index contributed by atoms with van der Waals surface area (Å²) < 4.78 is 90.0. The molecule has 7 atom stereocenters. The smallest absolute Gasteiger partial charge is 0.394 e. The summed E-state index contributed by atoms with van der Waals surface area (Å²) in [6, 6.07) is 12.4. The highest BCUT2D eigenvalue weighted by molar-refractivity contribution is 8.00. The van der Waals surface area contributed by atoms with E-state index >= 15 is 0 Å². The second kappa shape index (κ2) is 12.9. The van der Waals surface area contributed by atoms with E-state index in [2.05, 4.69) is 10.3 Å². The number of aromatic nitrogens is 3. The van der Waals surface area contributed by atoms with Crippen LogP contribution in [0.5, 0.6) is 0 Å². The first-order chi connectivity index (χ1) is 20.9. The van der Waals surface area contributed by atoms with Gasteiger partial charge in [-0.05, 0) is 29.3 Å². The van der Waals surface area contributed by atoms with E-state index in [4.69, 9.17) is 4.74 Å². The van der Waals surface area contributed by atoms with E-state index < -0.39 is 76.9 Å². The topological polar surface area (TPSA) is 121 Å². The quantitative estimate of drug-likeness (QED) is 0.163. The Morgan fingerprint density at radius 2 is 1.57 bits per heavy atom. The van der Waals surface area contributed by atoms with Gasteiger partial charge in [0.05, 0.1) is 29.7 Å². The average Bonchev–Trinajstić information content (AvgIpc) is 3.49. The van der Waals surface area contributed by atoms with E-state index in [9.17, 15) is 46.8 Å². The third-order valence-corrected chi connectivity index (χ3v) is 8.69. The summed E-state index contributed by atoms with van der Waals surface area (Å²) in [6.07, 6.45) is -9.94. The van der Waals surface area contributed by atoms with Crippen LogP contribution in [-0.4, -0.2) is 65.8 Å². The lowest BCUT2D eigenvalue weighted by molar-refractivity contribution is -0.178. The summed E-state index contributed by atoms with van der Waals surface area (Å²) in [4.78, 5) is 0. The van der Waals surface area contributed by atoms with Crippen LogP contribution in [0.25, 0.3) is 11.3 Å². The molecule has 2 heterocycles. The van der Waals surface area contributed by atoms with Gasteiger partial charge in [-0.25, -0.2) is 17.9 Å². The van der Waals surface area contributed by atoms with Crippen molar-refractivity contribution in [1.82, 2.24) is 15.0 Å². The molecule has 234 valence electrons. The van der Waals surface area contributed by atoms with Crippen LogP contribution in [-0.2, 0) is 10.9 Å². The number of nitrogens with zero attached hydrogens (tertiary/aromatic N) is 3. The lowest BCUT2D eigenvalue weighted by Gasteiger charge is -2.43. The number of rotatable bonds is 8. The second-order valence-electron chi connectivity index (χ2n) is 10.0. The Morgan fingerprint density at radius 1 is 0.932 bits per heavy atom. The van der Waals surface area contributed by atoms with Crippen LogP contribution >= 0.6 is 11.8 Å². The molecule has 0 bridgehead atoms. The summed E-state index contributed by atoms with van der Waals surface area (Å²) in [5.74, 6) is -4.67. The normalized spacial score (nSPS) is 23.8. The third kappa shape index (κ3) is 6.34. The molecule has 44 heavy (non-hydrogen) atoms. The fourth-order valence-electron chi connectivity index (χ4n) is 5.04. The summed E-state index contributed by atoms with van der Waals surface area (Å²) in [6.45, 7) is -0.775. The van der Waals surface area contributed by atoms with Crippen molar-refractivity contribution in [1.29, 1.82) is 0 Å². The zero-order chi connectivity index (χ0) is 31.8. The Balaban J connectivity index is 1.52. The lowest BCUT2D eigenvalue weighted by Crippen LogP contribution is -2.55. The van der Waals surface area contributed by atoms with Gasteiger partial charge in [0.15, 0.2) is 17.5 Å². The van der Waals surface area contributed by atoms with Gasteiger partial charge < -0.3 is 25.2 Å². The van der Waals surface area contributed by atoms with Gasteiger partial charge in [0, 0.05) is 5.56 Å². The molecule has 15 heteroatoms. The molecule has 8 nitrogen and oxygen atoms in total. The summed E-state index contributed by atoms with van der Waals surface area (Å²) in [5.41, 5.74) is -2.85. The van der Waals surface area contributed by atoms with Crippen LogP contribution in [0.3, 0.4) is 0 Å². The minimum atomic E-state index is -4.79. The standard InChI is InChI=1S/C29H25F6N3O5S/c30-18-10-15(11-19(31)22(18)32)20-12-38(37-36-20)23-25(41)21(13-39)43-28(26(23)42)44-27(24(40)14-6-2-1-3-7-14)16-8-4-5-9-17(16)29(33,34)35/h1-12,21,23-28,39-42H,13H2/t21-,23+,24+,25+,26-,27-,28+/m1/s1. The number of thioether (sulfide) groups is 1. The summed E-state index contributed by atoms with van der Waals surface area (Å²) in [5, 5.41) is 49.9. The fourth-order valence-corrected chi connectivity index (χ4v) is 6.52. The van der Waals surface area contributed by atoms with Gasteiger partial charge in [-0.3, -0.25) is 0 Å². The van der Waals surface area contributed by atoms with Crippen LogP contribution in [0.2, 0.25) is 0 Å². The molecule has 4 N–H and O–H groups in total. The molecule has 0 saturated carbocycles. The molecule has 5 rings (SSSR count). The Morgan fingerprint density at radius 3 is 2.20 bits per heavy atom. The Hall–Kier alpha value is -3.47. The van der Waals surface area contributed by atoms with Crippen molar-refractivity contribution < 1.29 is 51.5 Å². The first kappa shape index (κ1) is 31.9. The molecule has 1 fully saturated rings. The first-order valence-corrected chi connectivity index (χ1v) is 14.1. The highest BCUT2D eigenvalue weighted by Gasteiger charge is 2.48. The zero-order valence-corrected chi connectivity index (χ0v) is 23.2. The zero-order valence-electron chi connectivity index (χ0n) is 22.4. The van der Waals surface area contributed by atoms with E-state index in [0.29, 0.717) is 23.9 Å². The molecule has 1 aliphatic heterocycles. The van der Waals surface area contributed by atoms with Crippen LogP contribution in [0.15, 0.2) is 72.9 Å². The van der Waals surface area contributed by atoms with Gasteiger partial charge in [-0.15, -0.1) is 16.9 Å². The molecular weight excluding hydrogens is 616 g/mol. The Labute approximate surface area is 250 Å². The third-order valence-electron chi connectivity index (χ3n) is 7.23. The molecule has 3 aromatic carbocycles. The minimum absolute atomic E-state index is 0.157. The van der Waals surface area contributed by atoms with Crippen molar-refractivity contribution in [2.45, 2.75) is 47.3 Å². The molecule has 0 amide bonds. The monoisotopic (exact) mass is 641 g/mol. The van der Waals surface area contributed by atoms with Crippen molar-refractivity contribution in [2.75, 3.05) is 6.61 Å². The lowest BCUT2D eigenvalue weighted by atomic mass is 9.96. The number of aliphatic hydroxyl groups is 4. The maximum Gasteiger partial charge on any atom is 0.416 e. The van der Waals surface area contributed by atoms with E-state index in [1.807, 2.05) is 0 Å². The number of hydrogen-bond donors (Lipinski definition) is 4. The van der Waals surface area contributed by atoms with Gasteiger partial charge in [0.25, 0.3) is 0 Å². The van der Waals surface area contributed by atoms with Crippen LogP contribution in [0.1, 0.15) is 34.1 Å². The number of hydrogen-bond acceptors (Lipinski definition) is 8. The molecule has 1 aromatic heterocycles. The Kier molecular flexibility index (Phi) is 9.34. The predicted octanol–water partition coefficient (Wildman–Crippen LogP) is 4.57. The predicted molar refractivity (Wildman–Crippen MR) is 145 cm³/mol. The minimum Gasteiger partial charge on any atom is -0.394 e. The first-order valence-electron chi connectivity index (χ1n) is 13.1. The molecule has 4 aromatic rings. The molecule has 1 aliphatic rings. The van der Waals surface area contributed by atoms with Crippen molar-refractivity contribution in [3.63, 3.8) is 0 Å². The van der Waals surface area contributed by atoms with E-state index in [1.165, 1.54) is 30.3 Å². The van der Waals surface area contributed by atoms with Crippen molar-refractivity contribution in [2.24, 2.45) is 0 Å². The van der Waals surface area contributed by atoms with Gasteiger partial charge in [-0.1, -0.05) is 53.7 Å². The SMILES string of the molecule is OC[C@H]1O[C@@H](S[C@H](c2ccccc2C(F)(F)F)[C@@H](O)c2ccccc2)[C@H](O)[C@@H](n2cc(-c3cc(F)c(F)c(F)c3)nn2)[C@H]1O. The van der Waals surface area contributed by atoms with Crippen LogP contribution in [0, 0.1) is 17.5 Å². The average molecular weight is 642 g/mol.